The lowest BCUT2D eigenvalue weighted by Crippen LogP contribution is -1.93. The number of ether oxygens (including phenoxy) is 2. The molecule has 1 aromatic rings. The van der Waals surface area contributed by atoms with Gasteiger partial charge in [-0.1, -0.05) is 6.07 Å². The van der Waals surface area contributed by atoms with Gasteiger partial charge in [0.15, 0.2) is 11.5 Å². The third kappa shape index (κ3) is 2.25. The Labute approximate surface area is 93.1 Å². The SMILES string of the molecule is OCC(=C=Cc1ccc2c(c1)OCO2)CO. The Kier molecular flexibility index (Phi) is 3.27. The molecule has 0 radical (unpaired) electrons. The van der Waals surface area contributed by atoms with Crippen LogP contribution >= 0.6 is 0 Å². The number of hydrogen-bond acceptors (Lipinski definition) is 4. The quantitative estimate of drug-likeness (QED) is 0.744. The van der Waals surface area contributed by atoms with E-state index in [4.69, 9.17) is 19.7 Å². The van der Waals surface area contributed by atoms with Crippen molar-refractivity contribution >= 4 is 6.08 Å². The average Bonchev–Trinajstić information content (AvgIpc) is 2.77. The van der Waals surface area contributed by atoms with Gasteiger partial charge in [-0.05, 0) is 23.8 Å². The Morgan fingerprint density at radius 2 is 2.00 bits per heavy atom. The highest BCUT2D eigenvalue weighted by Gasteiger charge is 2.11. The number of hydrogen-bond donors (Lipinski definition) is 2. The Hall–Kier alpha value is -1.74. The van der Waals surface area contributed by atoms with Gasteiger partial charge in [-0.25, -0.2) is 0 Å². The molecule has 1 heterocycles. The average molecular weight is 220 g/mol. The highest BCUT2D eigenvalue weighted by atomic mass is 16.7. The van der Waals surface area contributed by atoms with Crippen molar-refractivity contribution in [2.75, 3.05) is 20.0 Å². The molecule has 0 aliphatic carbocycles. The van der Waals surface area contributed by atoms with Gasteiger partial charge in [0.25, 0.3) is 0 Å². The summed E-state index contributed by atoms with van der Waals surface area (Å²) in [7, 11) is 0. The van der Waals surface area contributed by atoms with Crippen molar-refractivity contribution in [2.24, 2.45) is 0 Å². The van der Waals surface area contributed by atoms with Gasteiger partial charge in [-0.15, -0.1) is 5.73 Å². The first kappa shape index (κ1) is 10.8. The normalized spacial score (nSPS) is 12.1. The second-order valence-electron chi connectivity index (χ2n) is 3.32. The molecule has 0 saturated heterocycles. The van der Waals surface area contributed by atoms with Crippen LogP contribution in [-0.4, -0.2) is 30.2 Å². The fourth-order valence-corrected chi connectivity index (χ4v) is 1.33. The van der Waals surface area contributed by atoms with Crippen molar-refractivity contribution in [1.29, 1.82) is 0 Å². The van der Waals surface area contributed by atoms with Crippen LogP contribution in [-0.2, 0) is 0 Å². The predicted molar refractivity (Wildman–Crippen MR) is 58.2 cm³/mol. The summed E-state index contributed by atoms with van der Waals surface area (Å²) in [6.07, 6.45) is 1.68. The van der Waals surface area contributed by atoms with Crippen LogP contribution in [0, 0.1) is 0 Å². The van der Waals surface area contributed by atoms with Gasteiger partial charge in [0.1, 0.15) is 0 Å². The summed E-state index contributed by atoms with van der Waals surface area (Å²) in [6, 6.07) is 5.49. The molecule has 16 heavy (non-hydrogen) atoms. The number of rotatable bonds is 3. The van der Waals surface area contributed by atoms with Crippen LogP contribution in [0.15, 0.2) is 29.5 Å². The van der Waals surface area contributed by atoms with Crippen molar-refractivity contribution < 1.29 is 19.7 Å². The maximum atomic E-state index is 8.83. The molecule has 0 unspecified atom stereocenters. The molecule has 0 saturated carbocycles. The fraction of sp³-hybridized carbons (Fsp3) is 0.250. The van der Waals surface area contributed by atoms with Gasteiger partial charge in [0.2, 0.25) is 6.79 Å². The molecule has 0 fully saturated rings. The molecule has 1 aliphatic heterocycles. The molecule has 0 aromatic heterocycles. The molecular weight excluding hydrogens is 208 g/mol. The first-order valence-corrected chi connectivity index (χ1v) is 4.89. The highest BCUT2D eigenvalue weighted by molar-refractivity contribution is 5.56. The Morgan fingerprint density at radius 1 is 1.25 bits per heavy atom. The van der Waals surface area contributed by atoms with Crippen LogP contribution in [0.2, 0.25) is 0 Å². The molecule has 0 amide bonds. The molecule has 2 rings (SSSR count). The van der Waals surface area contributed by atoms with Crippen molar-refractivity contribution in [3.63, 3.8) is 0 Å². The molecule has 84 valence electrons. The minimum absolute atomic E-state index is 0.197. The lowest BCUT2D eigenvalue weighted by atomic mass is 10.2. The van der Waals surface area contributed by atoms with E-state index in [1.54, 1.807) is 6.08 Å². The maximum Gasteiger partial charge on any atom is 0.231 e. The molecule has 0 spiro atoms. The van der Waals surface area contributed by atoms with E-state index < -0.39 is 0 Å². The van der Waals surface area contributed by atoms with Crippen LogP contribution in [0.5, 0.6) is 11.5 Å². The number of aliphatic hydroxyl groups excluding tert-OH is 2. The molecular formula is C12H12O4. The maximum absolute atomic E-state index is 8.83. The van der Waals surface area contributed by atoms with Crippen LogP contribution in [0.25, 0.3) is 6.08 Å². The van der Waals surface area contributed by atoms with Gasteiger partial charge in [-0.3, -0.25) is 0 Å². The van der Waals surface area contributed by atoms with Crippen LogP contribution in [0.3, 0.4) is 0 Å². The van der Waals surface area contributed by atoms with Crippen LogP contribution < -0.4 is 9.47 Å². The Morgan fingerprint density at radius 3 is 2.75 bits per heavy atom. The Balaban J connectivity index is 2.26. The second kappa shape index (κ2) is 4.86. The molecule has 1 aromatic carbocycles. The van der Waals surface area contributed by atoms with E-state index in [1.165, 1.54) is 0 Å². The van der Waals surface area contributed by atoms with Crippen molar-refractivity contribution in [3.8, 4) is 11.5 Å². The van der Waals surface area contributed by atoms with E-state index in [0.717, 1.165) is 11.3 Å². The van der Waals surface area contributed by atoms with E-state index in [1.807, 2.05) is 18.2 Å². The number of aliphatic hydroxyl groups is 2. The minimum atomic E-state index is -0.197. The zero-order valence-corrected chi connectivity index (χ0v) is 8.64. The van der Waals surface area contributed by atoms with E-state index in [2.05, 4.69) is 5.73 Å². The summed E-state index contributed by atoms with van der Waals surface area (Å²) in [4.78, 5) is 0. The summed E-state index contributed by atoms with van der Waals surface area (Å²) < 4.78 is 10.4. The molecule has 2 N–H and O–H groups in total. The summed E-state index contributed by atoms with van der Waals surface area (Å²) in [5.74, 6) is 1.43. The first-order chi connectivity index (χ1) is 7.83. The lowest BCUT2D eigenvalue weighted by Gasteiger charge is -1.96. The second-order valence-corrected chi connectivity index (χ2v) is 3.32. The van der Waals surface area contributed by atoms with E-state index in [9.17, 15) is 0 Å². The minimum Gasteiger partial charge on any atom is -0.454 e. The van der Waals surface area contributed by atoms with Gasteiger partial charge in [0.05, 0.1) is 13.2 Å². The molecule has 1 aliphatic rings. The van der Waals surface area contributed by atoms with Gasteiger partial charge < -0.3 is 19.7 Å². The molecule has 0 bridgehead atoms. The molecule has 4 heteroatoms. The smallest absolute Gasteiger partial charge is 0.231 e. The summed E-state index contributed by atoms with van der Waals surface area (Å²) in [5.41, 5.74) is 4.14. The zero-order valence-electron chi connectivity index (χ0n) is 8.64. The summed E-state index contributed by atoms with van der Waals surface area (Å²) in [6.45, 7) is -0.147. The monoisotopic (exact) mass is 220 g/mol. The van der Waals surface area contributed by atoms with E-state index >= 15 is 0 Å². The highest BCUT2D eigenvalue weighted by Crippen LogP contribution is 2.32. The van der Waals surface area contributed by atoms with Gasteiger partial charge in [0, 0.05) is 5.57 Å². The summed E-state index contributed by atoms with van der Waals surface area (Å²) >= 11 is 0. The third-order valence-electron chi connectivity index (χ3n) is 2.22. The zero-order chi connectivity index (χ0) is 11.4. The lowest BCUT2D eigenvalue weighted by molar-refractivity contribution is 0.174. The van der Waals surface area contributed by atoms with Gasteiger partial charge in [-0.2, -0.15) is 0 Å². The Bertz CT molecular complexity index is 438. The summed E-state index contributed by atoms with van der Waals surface area (Å²) in [5, 5.41) is 17.7. The first-order valence-electron chi connectivity index (χ1n) is 4.89. The molecule has 0 atom stereocenters. The predicted octanol–water partition coefficient (Wildman–Crippen LogP) is 0.938. The topological polar surface area (TPSA) is 58.9 Å². The standard InChI is InChI=1S/C12H12O4/c13-6-10(7-14)2-1-9-3-4-11-12(5-9)16-8-15-11/h1,3-5,13-14H,6-8H2. The van der Waals surface area contributed by atoms with Crippen molar-refractivity contribution in [1.82, 2.24) is 0 Å². The van der Waals surface area contributed by atoms with Crippen LogP contribution in [0.1, 0.15) is 5.56 Å². The van der Waals surface area contributed by atoms with Crippen molar-refractivity contribution in [3.05, 3.63) is 35.1 Å². The van der Waals surface area contributed by atoms with Gasteiger partial charge >= 0.3 is 0 Å². The largest absolute Gasteiger partial charge is 0.454 e. The van der Waals surface area contributed by atoms with E-state index in [-0.39, 0.29) is 20.0 Å². The van der Waals surface area contributed by atoms with E-state index in [0.29, 0.717) is 11.3 Å². The molecule has 4 nitrogen and oxygen atoms in total. The van der Waals surface area contributed by atoms with Crippen LogP contribution in [0.4, 0.5) is 0 Å². The number of benzene rings is 1. The third-order valence-corrected chi connectivity index (χ3v) is 2.22. The fourth-order valence-electron chi connectivity index (χ4n) is 1.33. The van der Waals surface area contributed by atoms with Crippen molar-refractivity contribution in [2.45, 2.75) is 0 Å². The number of fused-ring (bicyclic) bond motifs is 1.